The van der Waals surface area contributed by atoms with Crippen LogP contribution >= 0.6 is 24.0 Å². The smallest absolute Gasteiger partial charge is 0.191 e. The number of rotatable bonds is 10. The van der Waals surface area contributed by atoms with E-state index in [1.54, 1.807) is 0 Å². The quantitative estimate of drug-likeness (QED) is 0.153. The van der Waals surface area contributed by atoms with Crippen LogP contribution in [0.2, 0.25) is 0 Å². The predicted octanol–water partition coefficient (Wildman–Crippen LogP) is 3.36. The summed E-state index contributed by atoms with van der Waals surface area (Å²) in [4.78, 5) is 4.63. The molecule has 0 bridgehead atoms. The second kappa shape index (κ2) is 14.0. The first kappa shape index (κ1) is 26.9. The number of halogens is 1. The lowest BCUT2D eigenvalue weighted by Crippen LogP contribution is -2.40. The highest BCUT2D eigenvalue weighted by Gasteiger charge is 2.20. The summed E-state index contributed by atoms with van der Waals surface area (Å²) < 4.78 is 28.7. The first-order chi connectivity index (χ1) is 12.2. The number of guanidine groups is 1. The Bertz CT molecular complexity index is 516. The van der Waals surface area contributed by atoms with Gasteiger partial charge in [0.15, 0.2) is 5.96 Å². The minimum Gasteiger partial charge on any atom is -0.376 e. The van der Waals surface area contributed by atoms with Crippen molar-refractivity contribution in [3.05, 3.63) is 0 Å². The van der Waals surface area contributed by atoms with Crippen molar-refractivity contribution in [1.29, 1.82) is 0 Å². The van der Waals surface area contributed by atoms with E-state index in [1.165, 1.54) is 44.8 Å². The van der Waals surface area contributed by atoms with Gasteiger partial charge in [-0.05, 0) is 31.6 Å². The molecule has 0 unspecified atom stereocenters. The molecule has 0 aromatic heterocycles. The van der Waals surface area contributed by atoms with Crippen LogP contribution in [0.1, 0.15) is 65.7 Å². The van der Waals surface area contributed by atoms with Crippen LogP contribution in [-0.2, 0) is 14.6 Å². The number of ether oxygens (including phenoxy) is 1. The summed E-state index contributed by atoms with van der Waals surface area (Å²) in [7, 11) is -2.93. The summed E-state index contributed by atoms with van der Waals surface area (Å²) in [5, 5.41) is 6.56. The molecule has 0 saturated heterocycles. The SMILES string of the molecule is CCNC(=NCC(C)(C)CCS(C)(=O)=O)NCCOC1CCCCCC1.I. The van der Waals surface area contributed by atoms with Gasteiger partial charge in [0.25, 0.3) is 0 Å². The monoisotopic (exact) mass is 517 g/mol. The Balaban J connectivity index is 0.00000676. The normalized spacial score (nSPS) is 17.1. The Morgan fingerprint density at radius 2 is 1.78 bits per heavy atom. The summed E-state index contributed by atoms with van der Waals surface area (Å²) in [5.41, 5.74) is -0.151. The van der Waals surface area contributed by atoms with Gasteiger partial charge in [-0.25, -0.2) is 8.42 Å². The molecule has 2 N–H and O–H groups in total. The zero-order valence-electron chi connectivity index (χ0n) is 17.6. The van der Waals surface area contributed by atoms with E-state index in [2.05, 4.69) is 29.5 Å². The third kappa shape index (κ3) is 14.5. The molecule has 1 aliphatic rings. The van der Waals surface area contributed by atoms with Gasteiger partial charge in [-0.15, -0.1) is 24.0 Å². The second-order valence-corrected chi connectivity index (χ2v) is 10.4. The maximum Gasteiger partial charge on any atom is 0.191 e. The molecule has 27 heavy (non-hydrogen) atoms. The zero-order chi connectivity index (χ0) is 19.5. The molecule has 162 valence electrons. The molecule has 6 nitrogen and oxygen atoms in total. The van der Waals surface area contributed by atoms with Crippen LogP contribution in [0.3, 0.4) is 0 Å². The minimum atomic E-state index is -2.93. The van der Waals surface area contributed by atoms with E-state index < -0.39 is 9.84 Å². The molecule has 0 aromatic rings. The average molecular weight is 518 g/mol. The van der Waals surface area contributed by atoms with E-state index in [1.807, 2.05) is 6.92 Å². The lowest BCUT2D eigenvalue weighted by Gasteiger charge is -2.23. The standard InChI is InChI=1S/C19H39N3O3S.HI/c1-5-20-18(22-16-19(2,3)12-15-26(4,23)24)21-13-14-25-17-10-8-6-7-9-11-17;/h17H,5-16H2,1-4H3,(H2,20,21,22);1H. The number of hydrogen-bond donors (Lipinski definition) is 2. The van der Waals surface area contributed by atoms with E-state index >= 15 is 0 Å². The van der Waals surface area contributed by atoms with Crippen LogP contribution in [0.15, 0.2) is 4.99 Å². The molecule has 1 rings (SSSR count). The highest BCUT2D eigenvalue weighted by atomic mass is 127. The molecule has 8 heteroatoms. The van der Waals surface area contributed by atoms with E-state index in [0.717, 1.165) is 19.0 Å². The zero-order valence-corrected chi connectivity index (χ0v) is 20.7. The Morgan fingerprint density at radius 1 is 1.15 bits per heavy atom. The first-order valence-corrected chi connectivity index (χ1v) is 12.1. The molecular formula is C19H40IN3O3S. The van der Waals surface area contributed by atoms with Crippen molar-refractivity contribution in [3.8, 4) is 0 Å². The fraction of sp³-hybridized carbons (Fsp3) is 0.947. The predicted molar refractivity (Wildman–Crippen MR) is 125 cm³/mol. The molecule has 0 atom stereocenters. The number of aliphatic imine (C=N–C) groups is 1. The van der Waals surface area contributed by atoms with Gasteiger partial charge in [0.1, 0.15) is 9.84 Å². The van der Waals surface area contributed by atoms with Crippen molar-refractivity contribution in [2.75, 3.05) is 38.2 Å². The average Bonchev–Trinajstić information content (AvgIpc) is 2.83. The highest BCUT2D eigenvalue weighted by Crippen LogP contribution is 2.21. The summed E-state index contributed by atoms with van der Waals surface area (Å²) in [6.45, 7) is 8.94. The van der Waals surface area contributed by atoms with E-state index in [4.69, 9.17) is 4.74 Å². The Labute approximate surface area is 183 Å². The molecule has 1 aliphatic carbocycles. The molecule has 0 radical (unpaired) electrons. The van der Waals surface area contributed by atoms with Crippen molar-refractivity contribution in [3.63, 3.8) is 0 Å². The van der Waals surface area contributed by atoms with Crippen LogP contribution in [0.4, 0.5) is 0 Å². The number of nitrogens with zero attached hydrogens (tertiary/aromatic N) is 1. The number of sulfone groups is 1. The van der Waals surface area contributed by atoms with Crippen LogP contribution in [-0.4, -0.2) is 58.7 Å². The molecule has 0 spiro atoms. The molecule has 0 aromatic carbocycles. The Kier molecular flexibility index (Phi) is 13.9. The lowest BCUT2D eigenvalue weighted by molar-refractivity contribution is 0.0468. The van der Waals surface area contributed by atoms with E-state index in [9.17, 15) is 8.42 Å². The number of hydrogen-bond acceptors (Lipinski definition) is 4. The maximum atomic E-state index is 11.4. The number of nitrogens with one attached hydrogen (secondary N) is 2. The fourth-order valence-electron chi connectivity index (χ4n) is 2.98. The highest BCUT2D eigenvalue weighted by molar-refractivity contribution is 14.0. The third-order valence-electron chi connectivity index (χ3n) is 4.71. The summed E-state index contributed by atoms with van der Waals surface area (Å²) in [6.07, 6.45) is 9.91. The lowest BCUT2D eigenvalue weighted by atomic mass is 9.90. The van der Waals surface area contributed by atoms with Crippen molar-refractivity contribution in [2.24, 2.45) is 10.4 Å². The first-order valence-electron chi connectivity index (χ1n) is 10.0. The van der Waals surface area contributed by atoms with Crippen LogP contribution < -0.4 is 10.6 Å². The largest absolute Gasteiger partial charge is 0.376 e. The van der Waals surface area contributed by atoms with Crippen LogP contribution in [0.5, 0.6) is 0 Å². The van der Waals surface area contributed by atoms with Crippen LogP contribution in [0.25, 0.3) is 0 Å². The molecule has 0 aliphatic heterocycles. The van der Waals surface area contributed by atoms with Crippen molar-refractivity contribution in [2.45, 2.75) is 71.8 Å². The fourth-order valence-corrected chi connectivity index (χ4v) is 3.90. The van der Waals surface area contributed by atoms with Gasteiger partial charge >= 0.3 is 0 Å². The summed E-state index contributed by atoms with van der Waals surface area (Å²) >= 11 is 0. The molecule has 1 saturated carbocycles. The molecule has 0 heterocycles. The van der Waals surface area contributed by atoms with Crippen molar-refractivity contribution >= 4 is 39.8 Å². The van der Waals surface area contributed by atoms with Gasteiger partial charge < -0.3 is 15.4 Å². The van der Waals surface area contributed by atoms with Crippen molar-refractivity contribution in [1.82, 2.24) is 10.6 Å². The topological polar surface area (TPSA) is 79.8 Å². The van der Waals surface area contributed by atoms with Crippen LogP contribution in [0, 0.1) is 5.41 Å². The van der Waals surface area contributed by atoms with Gasteiger partial charge in [0.2, 0.25) is 0 Å². The molecular weight excluding hydrogens is 477 g/mol. The van der Waals surface area contributed by atoms with Gasteiger partial charge in [-0.1, -0.05) is 39.5 Å². The minimum absolute atomic E-state index is 0. The Hall–Kier alpha value is -0.0900. The van der Waals surface area contributed by atoms with Crippen molar-refractivity contribution < 1.29 is 13.2 Å². The summed E-state index contributed by atoms with van der Waals surface area (Å²) in [5.74, 6) is 0.971. The third-order valence-corrected chi connectivity index (χ3v) is 5.66. The van der Waals surface area contributed by atoms with Gasteiger partial charge in [-0.2, -0.15) is 0 Å². The van der Waals surface area contributed by atoms with Gasteiger partial charge in [0, 0.05) is 25.9 Å². The van der Waals surface area contributed by atoms with Gasteiger partial charge in [0.05, 0.1) is 18.5 Å². The van der Waals surface area contributed by atoms with E-state index in [0.29, 0.717) is 25.7 Å². The Morgan fingerprint density at radius 3 is 2.33 bits per heavy atom. The molecule has 0 amide bonds. The summed E-state index contributed by atoms with van der Waals surface area (Å²) in [6, 6.07) is 0. The van der Waals surface area contributed by atoms with E-state index in [-0.39, 0.29) is 35.1 Å². The van der Waals surface area contributed by atoms with Gasteiger partial charge in [-0.3, -0.25) is 4.99 Å². The molecule has 1 fully saturated rings. The maximum absolute atomic E-state index is 11.4. The second-order valence-electron chi connectivity index (χ2n) is 8.15.